The van der Waals surface area contributed by atoms with E-state index in [1.807, 2.05) is 0 Å². The highest BCUT2D eigenvalue weighted by Crippen LogP contribution is 2.10. The highest BCUT2D eigenvalue weighted by atomic mass is 35.5. The van der Waals surface area contributed by atoms with Crippen LogP contribution in [0.1, 0.15) is 6.92 Å². The minimum Gasteiger partial charge on any atom is -0.227 e. The summed E-state index contributed by atoms with van der Waals surface area (Å²) in [5, 5.41) is 3.47. The first-order chi connectivity index (χ1) is 3.70. The Kier molecular flexibility index (Phi) is 1.45. The Morgan fingerprint density at radius 2 is 2.12 bits per heavy atom. The molecular formula is C4H4Cl2N2+. The Bertz CT molecular complexity index is 171. The summed E-state index contributed by atoms with van der Waals surface area (Å²) in [6.07, 6.45) is 0. The summed E-state index contributed by atoms with van der Waals surface area (Å²) >= 11 is 10.9. The first-order valence-electron chi connectivity index (χ1n) is 2.08. The molecule has 1 heterocycles. The topological polar surface area (TPSA) is 26.1 Å². The van der Waals surface area contributed by atoms with Crippen LogP contribution in [-0.2, 0) is 0 Å². The van der Waals surface area contributed by atoms with Crippen LogP contribution in [0.25, 0.3) is 0 Å². The molecule has 43 valence electrons. The van der Waals surface area contributed by atoms with Gasteiger partial charge in [0.15, 0.2) is 0 Å². The molecule has 1 radical (unpaired) electrons. The number of nitrogens with one attached hydrogen (secondary N) is 1. The normalized spacial score (nSPS) is 18.6. The Morgan fingerprint density at radius 1 is 1.50 bits per heavy atom. The zero-order chi connectivity index (χ0) is 6.15. The van der Waals surface area contributed by atoms with E-state index < -0.39 is 0 Å². The van der Waals surface area contributed by atoms with Gasteiger partial charge in [0.05, 0.1) is 0 Å². The van der Waals surface area contributed by atoms with E-state index in [9.17, 15) is 0 Å². The number of amidine groups is 1. The van der Waals surface area contributed by atoms with Gasteiger partial charge < -0.3 is 0 Å². The van der Waals surface area contributed by atoms with Crippen LogP contribution in [0.5, 0.6) is 0 Å². The molecule has 1 N–H and O–H groups in total. The molecule has 0 atom stereocenters. The largest absolute Gasteiger partial charge is 0.300 e. The van der Waals surface area contributed by atoms with Gasteiger partial charge in [-0.25, -0.2) is 5.32 Å². The lowest BCUT2D eigenvalue weighted by Crippen LogP contribution is -2.13. The van der Waals surface area contributed by atoms with Crippen molar-refractivity contribution in [3.05, 3.63) is 10.3 Å². The quantitative estimate of drug-likeness (QED) is 0.512. The number of hydrogen-bond acceptors (Lipinski definition) is 2. The van der Waals surface area contributed by atoms with Gasteiger partial charge in [-0.2, -0.15) is 0 Å². The maximum Gasteiger partial charge on any atom is 0.300 e. The van der Waals surface area contributed by atoms with Crippen molar-refractivity contribution in [2.75, 3.05) is 0 Å². The molecule has 8 heavy (non-hydrogen) atoms. The minimum absolute atomic E-state index is 0.337. The first-order valence-corrected chi connectivity index (χ1v) is 2.83. The Balaban J connectivity index is 2.79. The molecule has 2 nitrogen and oxygen atoms in total. The zero-order valence-electron chi connectivity index (χ0n) is 4.20. The van der Waals surface area contributed by atoms with E-state index in [4.69, 9.17) is 23.2 Å². The maximum absolute atomic E-state index is 5.48. The fourth-order valence-electron chi connectivity index (χ4n) is 0.435. The summed E-state index contributed by atoms with van der Waals surface area (Å²) in [7, 11) is 0. The highest BCUT2D eigenvalue weighted by Gasteiger charge is 2.20. The first kappa shape index (κ1) is 5.92. The lowest BCUT2D eigenvalue weighted by molar-refractivity contribution is 1.26. The SMILES string of the molecule is CC1=[N+]C(Cl)=C(Cl)N1. The molecule has 4 heteroatoms. The van der Waals surface area contributed by atoms with Gasteiger partial charge in [0.2, 0.25) is 0 Å². The fourth-order valence-corrected chi connectivity index (χ4v) is 0.788. The molecule has 0 bridgehead atoms. The summed E-state index contributed by atoms with van der Waals surface area (Å²) < 4.78 is 0. The molecule has 0 unspecified atom stereocenters. The van der Waals surface area contributed by atoms with E-state index in [1.54, 1.807) is 6.92 Å². The number of aliphatic imine (C=N–C) groups is 1. The molecule has 0 aromatic heterocycles. The molecule has 0 aromatic rings. The molecule has 0 aliphatic carbocycles. The van der Waals surface area contributed by atoms with Crippen molar-refractivity contribution in [1.82, 2.24) is 10.3 Å². The molecule has 1 aliphatic heterocycles. The average Bonchev–Trinajstić information content (AvgIpc) is 1.85. The van der Waals surface area contributed by atoms with Crippen LogP contribution in [0.2, 0.25) is 0 Å². The predicted octanol–water partition coefficient (Wildman–Crippen LogP) is 0.948. The van der Waals surface area contributed by atoms with Crippen LogP contribution in [0.15, 0.2) is 10.3 Å². The van der Waals surface area contributed by atoms with E-state index in [0.717, 1.165) is 5.84 Å². The molecular weight excluding hydrogens is 147 g/mol. The Morgan fingerprint density at radius 3 is 2.25 bits per heavy atom. The average molecular weight is 151 g/mol. The van der Waals surface area contributed by atoms with Gasteiger partial charge in [0.25, 0.3) is 11.0 Å². The summed E-state index contributed by atoms with van der Waals surface area (Å²) in [5.41, 5.74) is 0. The third-order valence-corrected chi connectivity index (χ3v) is 1.38. The number of halogens is 2. The molecule has 0 aromatic carbocycles. The van der Waals surface area contributed by atoms with Crippen LogP contribution in [0.4, 0.5) is 0 Å². The van der Waals surface area contributed by atoms with E-state index in [0.29, 0.717) is 10.3 Å². The summed E-state index contributed by atoms with van der Waals surface area (Å²) in [6, 6.07) is 0. The molecule has 1 aliphatic rings. The molecule has 0 amide bonds. The molecule has 0 fully saturated rings. The van der Waals surface area contributed by atoms with E-state index in [1.165, 1.54) is 0 Å². The van der Waals surface area contributed by atoms with Gasteiger partial charge in [-0.1, -0.05) is 0 Å². The predicted molar refractivity (Wildman–Crippen MR) is 34.7 cm³/mol. The second-order valence-corrected chi connectivity index (χ2v) is 2.16. The van der Waals surface area contributed by atoms with Crippen LogP contribution in [-0.4, -0.2) is 5.84 Å². The molecule has 0 saturated heterocycles. The summed E-state index contributed by atoms with van der Waals surface area (Å²) in [4.78, 5) is 3.79. The monoisotopic (exact) mass is 150 g/mol. The van der Waals surface area contributed by atoms with Gasteiger partial charge in [0.1, 0.15) is 0 Å². The smallest absolute Gasteiger partial charge is 0.227 e. The lowest BCUT2D eigenvalue weighted by Gasteiger charge is -1.77. The number of rotatable bonds is 0. The van der Waals surface area contributed by atoms with Crippen molar-refractivity contribution in [2.45, 2.75) is 6.92 Å². The van der Waals surface area contributed by atoms with Crippen LogP contribution in [0, 0.1) is 0 Å². The van der Waals surface area contributed by atoms with Gasteiger partial charge in [-0.05, 0) is 28.2 Å². The highest BCUT2D eigenvalue weighted by molar-refractivity contribution is 6.40. The van der Waals surface area contributed by atoms with Crippen LogP contribution in [0.3, 0.4) is 0 Å². The van der Waals surface area contributed by atoms with Crippen molar-refractivity contribution in [2.24, 2.45) is 0 Å². The van der Waals surface area contributed by atoms with E-state index in [-0.39, 0.29) is 0 Å². The van der Waals surface area contributed by atoms with Crippen molar-refractivity contribution in [3.63, 3.8) is 0 Å². The molecule has 1 rings (SSSR count). The van der Waals surface area contributed by atoms with Gasteiger partial charge in [-0.3, -0.25) is 0 Å². The second-order valence-electron chi connectivity index (χ2n) is 1.43. The second kappa shape index (κ2) is 1.96. The van der Waals surface area contributed by atoms with Crippen LogP contribution >= 0.6 is 23.2 Å². The van der Waals surface area contributed by atoms with Crippen molar-refractivity contribution >= 4 is 29.0 Å². The Labute approximate surface area is 57.2 Å². The van der Waals surface area contributed by atoms with Crippen molar-refractivity contribution in [3.8, 4) is 0 Å². The van der Waals surface area contributed by atoms with Crippen LogP contribution < -0.4 is 10.3 Å². The van der Waals surface area contributed by atoms with Gasteiger partial charge in [-0.15, -0.1) is 0 Å². The van der Waals surface area contributed by atoms with Crippen molar-refractivity contribution < 1.29 is 0 Å². The summed E-state index contributed by atoms with van der Waals surface area (Å²) in [5.74, 6) is 0.736. The van der Waals surface area contributed by atoms with E-state index >= 15 is 0 Å². The zero-order valence-corrected chi connectivity index (χ0v) is 5.72. The van der Waals surface area contributed by atoms with Gasteiger partial charge in [0, 0.05) is 6.92 Å². The Hall–Kier alpha value is -0.210. The third kappa shape index (κ3) is 0.956. The molecule has 0 saturated carbocycles. The summed E-state index contributed by atoms with van der Waals surface area (Å²) in [6.45, 7) is 1.79. The number of nitrogens with zero attached hydrogens (tertiary/aromatic N) is 1. The minimum atomic E-state index is 0.337. The standard InChI is InChI=1S/C4H4Cl2N2/c1-2-7-3(5)4(6)8-2/h7H,1H3/q+1. The fraction of sp³-hybridized carbons (Fsp3) is 0.250. The molecule has 0 spiro atoms. The lowest BCUT2D eigenvalue weighted by atomic mass is 10.7. The van der Waals surface area contributed by atoms with Crippen molar-refractivity contribution in [1.29, 1.82) is 0 Å². The third-order valence-electron chi connectivity index (χ3n) is 0.738. The maximum atomic E-state index is 5.48. The number of hydrogen-bond donors (Lipinski definition) is 1. The van der Waals surface area contributed by atoms with E-state index in [2.05, 4.69) is 10.3 Å². The van der Waals surface area contributed by atoms with Gasteiger partial charge >= 0.3 is 5.16 Å².